The maximum Gasteiger partial charge on any atom is 0.264 e. The highest BCUT2D eigenvalue weighted by molar-refractivity contribution is 7.92. The molecule has 3 rings (SSSR count). The highest BCUT2D eigenvalue weighted by atomic mass is 35.5. The smallest absolute Gasteiger partial charge is 0.264 e. The third-order valence-corrected chi connectivity index (χ3v) is 6.89. The molecule has 0 fully saturated rings. The van der Waals surface area contributed by atoms with Crippen molar-refractivity contribution in [2.24, 2.45) is 5.10 Å². The molecule has 9 nitrogen and oxygen atoms in total. The van der Waals surface area contributed by atoms with Gasteiger partial charge in [0.1, 0.15) is 12.3 Å². The lowest BCUT2D eigenvalue weighted by Gasteiger charge is -2.24. The first-order chi connectivity index (χ1) is 16.8. The van der Waals surface area contributed by atoms with Crippen LogP contribution in [0.2, 0.25) is 5.02 Å². The molecule has 0 unspecified atom stereocenters. The molecule has 0 aliphatic carbocycles. The molecule has 0 atom stereocenters. The Morgan fingerprint density at radius 1 is 0.943 bits per heavy atom. The molecular weight excluding hydrogens is 494 g/mol. The van der Waals surface area contributed by atoms with Crippen LogP contribution >= 0.6 is 11.6 Å². The lowest BCUT2D eigenvalue weighted by Crippen LogP contribution is -2.39. The number of sulfonamides is 1. The SMILES string of the molecule is COc1ccc(N(CC(=O)N/N=C/c2ccc(Cl)cc2)S(=O)(=O)c2ccc(OC)c(OC)c2)cc1. The van der Waals surface area contributed by atoms with Crippen molar-refractivity contribution in [3.05, 3.63) is 77.3 Å². The van der Waals surface area contributed by atoms with Gasteiger partial charge in [0.2, 0.25) is 0 Å². The molecule has 11 heteroatoms. The van der Waals surface area contributed by atoms with E-state index in [-0.39, 0.29) is 16.3 Å². The number of hydrogen-bond acceptors (Lipinski definition) is 7. The monoisotopic (exact) mass is 517 g/mol. The first kappa shape index (κ1) is 25.9. The topological polar surface area (TPSA) is 107 Å². The molecule has 0 bridgehead atoms. The molecular formula is C24H24ClN3O6S. The van der Waals surface area contributed by atoms with Crippen LogP contribution in [0.3, 0.4) is 0 Å². The minimum absolute atomic E-state index is 0.0802. The van der Waals surface area contributed by atoms with E-state index >= 15 is 0 Å². The lowest BCUT2D eigenvalue weighted by molar-refractivity contribution is -0.119. The molecule has 0 aliphatic heterocycles. The van der Waals surface area contributed by atoms with Crippen molar-refractivity contribution in [1.29, 1.82) is 0 Å². The maximum absolute atomic E-state index is 13.6. The van der Waals surface area contributed by atoms with Crippen LogP contribution in [0.1, 0.15) is 5.56 Å². The van der Waals surface area contributed by atoms with E-state index in [4.69, 9.17) is 25.8 Å². The van der Waals surface area contributed by atoms with Gasteiger partial charge in [0.05, 0.1) is 38.1 Å². The number of hydrazone groups is 1. The molecule has 0 aromatic heterocycles. The Hall–Kier alpha value is -3.76. The molecule has 0 spiro atoms. The fourth-order valence-corrected chi connectivity index (χ4v) is 4.62. The Kier molecular flexibility index (Phi) is 8.56. The summed E-state index contributed by atoms with van der Waals surface area (Å²) < 4.78 is 43.7. The summed E-state index contributed by atoms with van der Waals surface area (Å²) in [5.74, 6) is 0.501. The number of ether oxygens (including phenoxy) is 3. The van der Waals surface area contributed by atoms with Crippen molar-refractivity contribution in [3.8, 4) is 17.2 Å². The predicted molar refractivity (Wildman–Crippen MR) is 134 cm³/mol. The molecule has 0 saturated carbocycles. The molecule has 0 radical (unpaired) electrons. The Morgan fingerprint density at radius 2 is 1.60 bits per heavy atom. The number of carbonyl (C=O) groups is 1. The van der Waals surface area contributed by atoms with Crippen LogP contribution in [-0.4, -0.2) is 48.4 Å². The van der Waals surface area contributed by atoms with Gasteiger partial charge in [-0.15, -0.1) is 0 Å². The summed E-state index contributed by atoms with van der Waals surface area (Å²) in [5, 5.41) is 4.48. The molecule has 35 heavy (non-hydrogen) atoms. The average Bonchev–Trinajstić information content (AvgIpc) is 2.88. The molecule has 0 saturated heterocycles. The number of nitrogens with zero attached hydrogens (tertiary/aromatic N) is 2. The van der Waals surface area contributed by atoms with E-state index in [1.807, 2.05) is 0 Å². The van der Waals surface area contributed by atoms with Gasteiger partial charge in [-0.3, -0.25) is 9.10 Å². The van der Waals surface area contributed by atoms with Crippen LogP contribution in [0, 0.1) is 0 Å². The maximum atomic E-state index is 13.6. The van der Waals surface area contributed by atoms with Gasteiger partial charge >= 0.3 is 0 Å². The van der Waals surface area contributed by atoms with E-state index in [9.17, 15) is 13.2 Å². The van der Waals surface area contributed by atoms with Crippen molar-refractivity contribution in [2.75, 3.05) is 32.2 Å². The lowest BCUT2D eigenvalue weighted by atomic mass is 10.2. The van der Waals surface area contributed by atoms with E-state index in [0.29, 0.717) is 22.1 Å². The van der Waals surface area contributed by atoms with E-state index in [1.54, 1.807) is 48.5 Å². The van der Waals surface area contributed by atoms with Gasteiger partial charge in [0.25, 0.3) is 15.9 Å². The zero-order chi connectivity index (χ0) is 25.4. The number of amides is 1. The highest BCUT2D eigenvalue weighted by Gasteiger charge is 2.28. The van der Waals surface area contributed by atoms with E-state index in [1.165, 1.54) is 45.7 Å². The van der Waals surface area contributed by atoms with Crippen LogP contribution in [0.4, 0.5) is 5.69 Å². The Bertz CT molecular complexity index is 1300. The summed E-state index contributed by atoms with van der Waals surface area (Å²) in [7, 11) is 0.174. The van der Waals surface area contributed by atoms with Gasteiger partial charge < -0.3 is 14.2 Å². The molecule has 184 valence electrons. The van der Waals surface area contributed by atoms with Crippen LogP contribution < -0.4 is 23.9 Å². The summed E-state index contributed by atoms with van der Waals surface area (Å²) in [6.45, 7) is -0.527. The van der Waals surface area contributed by atoms with Crippen molar-refractivity contribution >= 4 is 39.4 Å². The van der Waals surface area contributed by atoms with Gasteiger partial charge in [-0.1, -0.05) is 23.7 Å². The van der Waals surface area contributed by atoms with Crippen LogP contribution in [0.5, 0.6) is 17.2 Å². The van der Waals surface area contributed by atoms with Gasteiger partial charge in [-0.2, -0.15) is 5.10 Å². The third-order valence-electron chi connectivity index (χ3n) is 4.86. The number of anilines is 1. The van der Waals surface area contributed by atoms with Crippen molar-refractivity contribution in [1.82, 2.24) is 5.43 Å². The second kappa shape index (κ2) is 11.6. The van der Waals surface area contributed by atoms with Crippen LogP contribution in [0.25, 0.3) is 0 Å². The van der Waals surface area contributed by atoms with Crippen molar-refractivity contribution in [3.63, 3.8) is 0 Å². The van der Waals surface area contributed by atoms with Gasteiger partial charge in [0, 0.05) is 11.1 Å². The third kappa shape index (κ3) is 6.43. The Labute approximate surface area is 208 Å². The second-order valence-electron chi connectivity index (χ2n) is 7.07. The molecule has 0 aliphatic rings. The van der Waals surface area contributed by atoms with Gasteiger partial charge in [-0.25, -0.2) is 13.8 Å². The summed E-state index contributed by atoms with van der Waals surface area (Å²) in [4.78, 5) is 12.6. The van der Waals surface area contributed by atoms with E-state index in [0.717, 1.165) is 4.31 Å². The number of hydrogen-bond donors (Lipinski definition) is 1. The first-order valence-electron chi connectivity index (χ1n) is 10.2. The van der Waals surface area contributed by atoms with Gasteiger partial charge in [-0.05, 0) is 54.1 Å². The Morgan fingerprint density at radius 3 is 2.20 bits per heavy atom. The number of benzene rings is 3. The fourth-order valence-electron chi connectivity index (χ4n) is 3.06. The Balaban J connectivity index is 1.90. The number of rotatable bonds is 10. The summed E-state index contributed by atoms with van der Waals surface area (Å²) in [6.07, 6.45) is 1.43. The molecule has 1 amide bonds. The number of nitrogens with one attached hydrogen (secondary N) is 1. The number of halogens is 1. The average molecular weight is 518 g/mol. The van der Waals surface area contributed by atoms with Gasteiger partial charge in [0.15, 0.2) is 11.5 Å². The minimum atomic E-state index is -4.18. The predicted octanol–water partition coefficient (Wildman–Crippen LogP) is 3.71. The molecule has 3 aromatic carbocycles. The van der Waals surface area contributed by atoms with E-state index < -0.39 is 22.5 Å². The van der Waals surface area contributed by atoms with Crippen molar-refractivity contribution < 1.29 is 27.4 Å². The quantitative estimate of drug-likeness (QED) is 0.324. The van der Waals surface area contributed by atoms with Crippen LogP contribution in [0.15, 0.2) is 76.7 Å². The normalized spacial score (nSPS) is 11.2. The summed E-state index contributed by atoms with van der Waals surface area (Å²) in [6, 6.07) is 17.3. The number of carbonyl (C=O) groups excluding carboxylic acids is 1. The summed E-state index contributed by atoms with van der Waals surface area (Å²) in [5.41, 5.74) is 3.32. The standard InChI is InChI=1S/C24H24ClN3O6S/c1-32-20-10-8-19(9-11-20)28(16-24(29)27-26-15-17-4-6-18(25)7-5-17)35(30,31)21-12-13-22(33-2)23(14-21)34-3/h4-15H,16H2,1-3H3,(H,27,29)/b26-15+. The number of methoxy groups -OCH3 is 3. The van der Waals surface area contributed by atoms with E-state index in [2.05, 4.69) is 10.5 Å². The fraction of sp³-hybridized carbons (Fsp3) is 0.167. The molecule has 1 N–H and O–H groups in total. The highest BCUT2D eigenvalue weighted by Crippen LogP contribution is 2.32. The molecule has 3 aromatic rings. The largest absolute Gasteiger partial charge is 0.497 e. The first-order valence-corrected chi connectivity index (χ1v) is 12.1. The summed E-state index contributed by atoms with van der Waals surface area (Å²) >= 11 is 5.86. The molecule has 0 heterocycles. The minimum Gasteiger partial charge on any atom is -0.497 e. The zero-order valence-electron chi connectivity index (χ0n) is 19.3. The van der Waals surface area contributed by atoms with Crippen LogP contribution in [-0.2, 0) is 14.8 Å². The second-order valence-corrected chi connectivity index (χ2v) is 9.37. The van der Waals surface area contributed by atoms with Crippen molar-refractivity contribution in [2.45, 2.75) is 4.90 Å². The zero-order valence-corrected chi connectivity index (χ0v) is 20.8.